The number of hydrogen-bond acceptors (Lipinski definition) is 1. The molecule has 43 heavy (non-hydrogen) atoms. The van der Waals surface area contributed by atoms with E-state index < -0.39 is 5.97 Å². The van der Waals surface area contributed by atoms with E-state index in [9.17, 15) is 9.90 Å². The number of hydrogen-bond donors (Lipinski definition) is 1. The average molecular weight is 605 g/mol. The molecule has 0 aromatic heterocycles. The standard InChI is InChI=1S/C41H80O2/c1-3-5-7-9-11-13-15-17-19-21-23-25-27-29-31-33-35-37-39-40(41(42)43)38-36-34-32-30-28-26-24-22-20-18-16-14-12-10-8-6-4-2/h21,23,40H,3-20,22,24-39H2,1-2H3,(H,42,43). The van der Waals surface area contributed by atoms with Crippen molar-refractivity contribution in [3.8, 4) is 0 Å². The molecule has 0 amide bonds. The summed E-state index contributed by atoms with van der Waals surface area (Å²) in [5, 5.41) is 9.65. The van der Waals surface area contributed by atoms with Crippen LogP contribution in [0.15, 0.2) is 12.2 Å². The molecule has 0 aromatic carbocycles. The van der Waals surface area contributed by atoms with Crippen LogP contribution < -0.4 is 0 Å². The predicted molar refractivity (Wildman–Crippen MR) is 193 cm³/mol. The molecule has 0 fully saturated rings. The van der Waals surface area contributed by atoms with Crippen molar-refractivity contribution < 1.29 is 9.90 Å². The molecule has 0 bridgehead atoms. The number of carboxylic acid groups (broad SMARTS) is 1. The number of carboxylic acids is 1. The van der Waals surface area contributed by atoms with E-state index >= 15 is 0 Å². The molecule has 0 aliphatic heterocycles. The number of allylic oxidation sites excluding steroid dienone is 2. The number of unbranched alkanes of at least 4 members (excludes halogenated alkanes) is 30. The number of aliphatic carboxylic acids is 1. The van der Waals surface area contributed by atoms with Gasteiger partial charge in [-0.1, -0.05) is 212 Å². The fourth-order valence-corrected chi connectivity index (χ4v) is 6.50. The number of rotatable bonds is 37. The van der Waals surface area contributed by atoms with Gasteiger partial charge in [0.25, 0.3) is 0 Å². The summed E-state index contributed by atoms with van der Waals surface area (Å²) >= 11 is 0. The third-order valence-corrected chi connectivity index (χ3v) is 9.57. The van der Waals surface area contributed by atoms with E-state index in [2.05, 4.69) is 26.0 Å². The van der Waals surface area contributed by atoms with Gasteiger partial charge in [0.2, 0.25) is 0 Å². The topological polar surface area (TPSA) is 37.3 Å². The molecule has 0 spiro atoms. The zero-order chi connectivity index (χ0) is 31.3. The Balaban J connectivity index is 3.41. The van der Waals surface area contributed by atoms with Gasteiger partial charge >= 0.3 is 5.97 Å². The molecule has 0 aromatic rings. The van der Waals surface area contributed by atoms with Crippen molar-refractivity contribution in [2.45, 2.75) is 239 Å². The fraction of sp³-hybridized carbons (Fsp3) is 0.927. The molecule has 256 valence electrons. The zero-order valence-corrected chi connectivity index (χ0v) is 29.8. The Labute approximate surface area is 272 Å². The van der Waals surface area contributed by atoms with Gasteiger partial charge in [-0.2, -0.15) is 0 Å². The first-order valence-corrected chi connectivity index (χ1v) is 20.1. The van der Waals surface area contributed by atoms with Crippen molar-refractivity contribution >= 4 is 5.97 Å². The van der Waals surface area contributed by atoms with Crippen LogP contribution in [-0.2, 0) is 4.79 Å². The normalized spacial score (nSPS) is 12.4. The van der Waals surface area contributed by atoms with Gasteiger partial charge in [0, 0.05) is 0 Å². The molecule has 0 rings (SSSR count). The minimum absolute atomic E-state index is 0.109. The van der Waals surface area contributed by atoms with Crippen molar-refractivity contribution in [2.75, 3.05) is 0 Å². The highest BCUT2D eigenvalue weighted by Crippen LogP contribution is 2.20. The first-order valence-electron chi connectivity index (χ1n) is 20.1. The average Bonchev–Trinajstić information content (AvgIpc) is 3.00. The summed E-state index contributed by atoms with van der Waals surface area (Å²) < 4.78 is 0. The monoisotopic (exact) mass is 605 g/mol. The van der Waals surface area contributed by atoms with Crippen LogP contribution in [0.2, 0.25) is 0 Å². The summed E-state index contributed by atoms with van der Waals surface area (Å²) in [4.78, 5) is 11.7. The Morgan fingerprint density at radius 3 is 0.884 bits per heavy atom. The van der Waals surface area contributed by atoms with Crippen LogP contribution in [0.3, 0.4) is 0 Å². The summed E-state index contributed by atoms with van der Waals surface area (Å²) in [6, 6.07) is 0. The molecule has 0 saturated heterocycles. The van der Waals surface area contributed by atoms with Gasteiger partial charge in [0.1, 0.15) is 0 Å². The minimum atomic E-state index is -0.560. The van der Waals surface area contributed by atoms with Crippen molar-refractivity contribution in [1.29, 1.82) is 0 Å². The van der Waals surface area contributed by atoms with Crippen LogP contribution in [0, 0.1) is 5.92 Å². The molecule has 1 atom stereocenters. The molecule has 2 nitrogen and oxygen atoms in total. The van der Waals surface area contributed by atoms with E-state index in [1.807, 2.05) is 0 Å². The lowest BCUT2D eigenvalue weighted by atomic mass is 9.94. The van der Waals surface area contributed by atoms with Gasteiger partial charge in [-0.3, -0.25) is 4.79 Å². The lowest BCUT2D eigenvalue weighted by molar-refractivity contribution is -0.142. The first-order chi connectivity index (χ1) is 21.2. The highest BCUT2D eigenvalue weighted by Gasteiger charge is 2.16. The SMILES string of the molecule is CCCCCCCCCCC=CCCCCCCCCC(CCCCCCCCCCCCCCCCCCC)C(=O)O. The van der Waals surface area contributed by atoms with Crippen LogP contribution in [0.25, 0.3) is 0 Å². The van der Waals surface area contributed by atoms with E-state index in [4.69, 9.17) is 0 Å². The second-order valence-electron chi connectivity index (χ2n) is 13.9. The van der Waals surface area contributed by atoms with Gasteiger partial charge in [0.05, 0.1) is 5.92 Å². The predicted octanol–water partition coefficient (Wildman–Crippen LogP) is 14.9. The van der Waals surface area contributed by atoms with Gasteiger partial charge in [-0.25, -0.2) is 0 Å². The Kier molecular flexibility index (Phi) is 36.7. The third-order valence-electron chi connectivity index (χ3n) is 9.57. The van der Waals surface area contributed by atoms with Crippen LogP contribution in [0.1, 0.15) is 239 Å². The molecule has 2 heteroatoms. The summed E-state index contributed by atoms with van der Waals surface area (Å²) in [6.45, 7) is 4.58. The van der Waals surface area contributed by atoms with Gasteiger partial charge in [-0.05, 0) is 38.5 Å². The second-order valence-corrected chi connectivity index (χ2v) is 13.9. The maximum Gasteiger partial charge on any atom is 0.306 e. The van der Waals surface area contributed by atoms with E-state index in [1.165, 1.54) is 199 Å². The number of carbonyl (C=O) groups is 1. The molecule has 0 aliphatic carbocycles. The molecule has 0 heterocycles. The van der Waals surface area contributed by atoms with E-state index in [0.29, 0.717) is 0 Å². The minimum Gasteiger partial charge on any atom is -0.481 e. The van der Waals surface area contributed by atoms with Crippen molar-refractivity contribution in [3.05, 3.63) is 12.2 Å². The van der Waals surface area contributed by atoms with Crippen LogP contribution in [0.4, 0.5) is 0 Å². The summed E-state index contributed by atoms with van der Waals surface area (Å²) in [6.07, 6.45) is 51.2. The van der Waals surface area contributed by atoms with E-state index in [1.54, 1.807) is 0 Å². The lowest BCUT2D eigenvalue weighted by Gasteiger charge is -2.12. The second kappa shape index (κ2) is 37.4. The Hall–Kier alpha value is -0.790. The zero-order valence-electron chi connectivity index (χ0n) is 29.8. The molecule has 1 N–H and O–H groups in total. The van der Waals surface area contributed by atoms with Gasteiger partial charge < -0.3 is 5.11 Å². The van der Waals surface area contributed by atoms with Gasteiger partial charge in [0.15, 0.2) is 0 Å². The maximum atomic E-state index is 11.7. The maximum absolute atomic E-state index is 11.7. The third kappa shape index (κ3) is 35.6. The van der Waals surface area contributed by atoms with Crippen LogP contribution in [0.5, 0.6) is 0 Å². The lowest BCUT2D eigenvalue weighted by Crippen LogP contribution is -2.13. The highest BCUT2D eigenvalue weighted by molar-refractivity contribution is 5.69. The molecule has 0 aliphatic rings. The fourth-order valence-electron chi connectivity index (χ4n) is 6.50. The molecular weight excluding hydrogens is 524 g/mol. The van der Waals surface area contributed by atoms with E-state index in [-0.39, 0.29) is 5.92 Å². The Morgan fingerprint density at radius 2 is 0.628 bits per heavy atom. The molecule has 1 unspecified atom stereocenters. The quantitative estimate of drug-likeness (QED) is 0.0565. The molecule has 0 saturated carbocycles. The van der Waals surface area contributed by atoms with Crippen LogP contribution in [-0.4, -0.2) is 11.1 Å². The Bertz CT molecular complexity index is 554. The van der Waals surface area contributed by atoms with Crippen molar-refractivity contribution in [2.24, 2.45) is 5.92 Å². The summed E-state index contributed by atoms with van der Waals surface area (Å²) in [5.74, 6) is -0.669. The summed E-state index contributed by atoms with van der Waals surface area (Å²) in [7, 11) is 0. The summed E-state index contributed by atoms with van der Waals surface area (Å²) in [5.41, 5.74) is 0. The van der Waals surface area contributed by atoms with E-state index in [0.717, 1.165) is 25.7 Å². The molecule has 0 radical (unpaired) electrons. The van der Waals surface area contributed by atoms with Crippen LogP contribution >= 0.6 is 0 Å². The largest absolute Gasteiger partial charge is 0.481 e. The Morgan fingerprint density at radius 1 is 0.395 bits per heavy atom. The van der Waals surface area contributed by atoms with Crippen molar-refractivity contribution in [3.63, 3.8) is 0 Å². The molecular formula is C41H80O2. The smallest absolute Gasteiger partial charge is 0.306 e. The van der Waals surface area contributed by atoms with Gasteiger partial charge in [-0.15, -0.1) is 0 Å². The highest BCUT2D eigenvalue weighted by atomic mass is 16.4. The van der Waals surface area contributed by atoms with Crippen molar-refractivity contribution in [1.82, 2.24) is 0 Å². The first kappa shape index (κ1) is 42.2.